The number of carbonyl (C=O) groups excluding carboxylic acids is 1. The van der Waals surface area contributed by atoms with Crippen LogP contribution in [0.5, 0.6) is 0 Å². The Morgan fingerprint density at radius 3 is 2.64 bits per heavy atom. The minimum Gasteiger partial charge on any atom is -0.383 e. The summed E-state index contributed by atoms with van der Waals surface area (Å²) in [6.07, 6.45) is 0.977. The van der Waals surface area contributed by atoms with Crippen LogP contribution in [0.2, 0.25) is 0 Å². The molecule has 1 aliphatic heterocycles. The van der Waals surface area contributed by atoms with E-state index in [0.29, 0.717) is 19.6 Å². The number of anilines is 2. The maximum Gasteiger partial charge on any atom is 0.269 e. The summed E-state index contributed by atoms with van der Waals surface area (Å²) in [6.45, 7) is 2.27. The Kier molecular flexibility index (Phi) is 5.13. The van der Waals surface area contributed by atoms with E-state index in [1.54, 1.807) is 12.1 Å². The molecular weight excluding hydrogens is 320 g/mol. The summed E-state index contributed by atoms with van der Waals surface area (Å²) in [7, 11) is 0. The van der Waals surface area contributed by atoms with Crippen molar-refractivity contribution in [2.24, 2.45) is 0 Å². The maximum atomic E-state index is 12.1. The summed E-state index contributed by atoms with van der Waals surface area (Å²) in [5, 5.41) is 16.6. The Hall–Kier alpha value is -3.09. The molecule has 1 aliphatic rings. The van der Waals surface area contributed by atoms with Gasteiger partial charge in [-0.15, -0.1) is 0 Å². The molecule has 0 bridgehead atoms. The van der Waals surface area contributed by atoms with Crippen LogP contribution in [-0.4, -0.2) is 37.0 Å². The highest BCUT2D eigenvalue weighted by Crippen LogP contribution is 2.26. The standard InChI is InChI=1S/C18H20N4O3/c23-18(13-21-12-9-14-3-1-2-4-17(14)21)20-11-10-19-15-5-7-16(8-6-15)22(24)25/h1-8,19H,9-13H2,(H,20,23). The van der Waals surface area contributed by atoms with Gasteiger partial charge in [0.15, 0.2) is 0 Å². The van der Waals surface area contributed by atoms with E-state index < -0.39 is 4.92 Å². The number of nitro groups is 1. The first-order valence-electron chi connectivity index (χ1n) is 8.21. The molecule has 0 atom stereocenters. The molecule has 0 saturated heterocycles. The molecule has 1 heterocycles. The van der Waals surface area contributed by atoms with Crippen molar-refractivity contribution in [3.05, 3.63) is 64.2 Å². The zero-order chi connectivity index (χ0) is 17.6. The smallest absolute Gasteiger partial charge is 0.269 e. The second-order valence-electron chi connectivity index (χ2n) is 5.88. The van der Waals surface area contributed by atoms with Gasteiger partial charge in [-0.2, -0.15) is 0 Å². The Morgan fingerprint density at radius 2 is 1.88 bits per heavy atom. The van der Waals surface area contributed by atoms with E-state index in [-0.39, 0.29) is 11.6 Å². The van der Waals surface area contributed by atoms with Crippen LogP contribution in [0.4, 0.5) is 17.1 Å². The molecule has 7 nitrogen and oxygen atoms in total. The van der Waals surface area contributed by atoms with Crippen LogP contribution in [0.1, 0.15) is 5.56 Å². The lowest BCUT2D eigenvalue weighted by Crippen LogP contribution is -2.38. The number of hydrogen-bond acceptors (Lipinski definition) is 5. The normalized spacial score (nSPS) is 12.6. The molecule has 3 rings (SSSR count). The van der Waals surface area contributed by atoms with Gasteiger partial charge >= 0.3 is 0 Å². The summed E-state index contributed by atoms with van der Waals surface area (Å²) >= 11 is 0. The van der Waals surface area contributed by atoms with Crippen molar-refractivity contribution in [3.8, 4) is 0 Å². The number of amides is 1. The molecule has 2 aromatic carbocycles. The van der Waals surface area contributed by atoms with Crippen LogP contribution in [-0.2, 0) is 11.2 Å². The summed E-state index contributed by atoms with van der Waals surface area (Å²) in [5.41, 5.74) is 3.27. The van der Waals surface area contributed by atoms with Crippen molar-refractivity contribution in [2.75, 3.05) is 36.4 Å². The van der Waals surface area contributed by atoms with E-state index in [0.717, 1.165) is 24.3 Å². The SMILES string of the molecule is O=C(CN1CCc2ccccc21)NCCNc1ccc([N+](=O)[O-])cc1. The Labute approximate surface area is 145 Å². The van der Waals surface area contributed by atoms with Crippen LogP contribution in [0.25, 0.3) is 0 Å². The minimum absolute atomic E-state index is 0.0118. The molecule has 0 saturated carbocycles. The average molecular weight is 340 g/mol. The molecule has 0 aromatic heterocycles. The Bertz CT molecular complexity index is 761. The van der Waals surface area contributed by atoms with Gasteiger partial charge in [-0.25, -0.2) is 0 Å². The predicted molar refractivity (Wildman–Crippen MR) is 97.0 cm³/mol. The highest BCUT2D eigenvalue weighted by Gasteiger charge is 2.20. The number of nitro benzene ring substituents is 1. The van der Waals surface area contributed by atoms with Crippen LogP contribution in [0.15, 0.2) is 48.5 Å². The Morgan fingerprint density at radius 1 is 1.12 bits per heavy atom. The summed E-state index contributed by atoms with van der Waals surface area (Å²) in [4.78, 5) is 24.3. The van der Waals surface area contributed by atoms with E-state index >= 15 is 0 Å². The first-order valence-corrected chi connectivity index (χ1v) is 8.21. The molecule has 1 amide bonds. The second kappa shape index (κ2) is 7.65. The third kappa shape index (κ3) is 4.26. The van der Waals surface area contributed by atoms with Crippen LogP contribution >= 0.6 is 0 Å². The van der Waals surface area contributed by atoms with Gasteiger partial charge in [0.25, 0.3) is 5.69 Å². The van der Waals surface area contributed by atoms with Gasteiger partial charge in [-0.3, -0.25) is 14.9 Å². The molecule has 25 heavy (non-hydrogen) atoms. The number of rotatable bonds is 7. The third-order valence-corrected chi connectivity index (χ3v) is 4.17. The third-order valence-electron chi connectivity index (χ3n) is 4.17. The van der Waals surface area contributed by atoms with Gasteiger partial charge in [-0.1, -0.05) is 18.2 Å². The zero-order valence-electron chi connectivity index (χ0n) is 13.8. The van der Waals surface area contributed by atoms with Crippen molar-refractivity contribution < 1.29 is 9.72 Å². The molecule has 130 valence electrons. The number of carbonyl (C=O) groups is 1. The van der Waals surface area contributed by atoms with Crippen molar-refractivity contribution in [1.29, 1.82) is 0 Å². The number of nitrogens with one attached hydrogen (secondary N) is 2. The van der Waals surface area contributed by atoms with Crippen LogP contribution in [0.3, 0.4) is 0 Å². The number of hydrogen-bond donors (Lipinski definition) is 2. The molecular formula is C18H20N4O3. The lowest BCUT2D eigenvalue weighted by atomic mass is 10.2. The lowest BCUT2D eigenvalue weighted by Gasteiger charge is -2.18. The van der Waals surface area contributed by atoms with Crippen LogP contribution in [0, 0.1) is 10.1 Å². The van der Waals surface area contributed by atoms with Gasteiger partial charge < -0.3 is 15.5 Å². The predicted octanol–water partition coefficient (Wildman–Crippen LogP) is 2.19. The molecule has 2 aromatic rings. The van der Waals surface area contributed by atoms with Gasteiger partial charge in [0.1, 0.15) is 0 Å². The fourth-order valence-corrected chi connectivity index (χ4v) is 2.91. The quantitative estimate of drug-likeness (QED) is 0.458. The first kappa shape index (κ1) is 16.8. The van der Waals surface area contributed by atoms with Gasteiger partial charge in [0.2, 0.25) is 5.91 Å². The number of non-ortho nitro benzene ring substituents is 1. The molecule has 2 N–H and O–H groups in total. The molecule has 7 heteroatoms. The van der Waals surface area contributed by atoms with E-state index in [1.165, 1.54) is 17.7 Å². The maximum absolute atomic E-state index is 12.1. The van der Waals surface area contributed by atoms with E-state index in [2.05, 4.69) is 21.6 Å². The topological polar surface area (TPSA) is 87.5 Å². The highest BCUT2D eigenvalue weighted by molar-refractivity contribution is 5.82. The molecule has 0 unspecified atom stereocenters. The van der Waals surface area contributed by atoms with Crippen LogP contribution < -0.4 is 15.5 Å². The molecule has 0 fully saturated rings. The van der Waals surface area contributed by atoms with Crippen molar-refractivity contribution in [1.82, 2.24) is 5.32 Å². The van der Waals surface area contributed by atoms with Crippen molar-refractivity contribution in [3.63, 3.8) is 0 Å². The summed E-state index contributed by atoms with van der Waals surface area (Å²) < 4.78 is 0. The minimum atomic E-state index is -0.430. The number of para-hydroxylation sites is 1. The Balaban J connectivity index is 1.39. The van der Waals surface area contributed by atoms with Gasteiger partial charge in [0, 0.05) is 43.1 Å². The van der Waals surface area contributed by atoms with Gasteiger partial charge in [0.05, 0.1) is 11.5 Å². The monoisotopic (exact) mass is 340 g/mol. The number of fused-ring (bicyclic) bond motifs is 1. The molecule has 0 aliphatic carbocycles. The van der Waals surface area contributed by atoms with Crippen molar-refractivity contribution >= 4 is 23.0 Å². The van der Waals surface area contributed by atoms with E-state index in [9.17, 15) is 14.9 Å². The zero-order valence-corrected chi connectivity index (χ0v) is 13.8. The summed E-state index contributed by atoms with van der Waals surface area (Å²) in [5.74, 6) is -0.0118. The average Bonchev–Trinajstić information content (AvgIpc) is 3.02. The lowest BCUT2D eigenvalue weighted by molar-refractivity contribution is -0.384. The fraction of sp³-hybridized carbons (Fsp3) is 0.278. The molecule has 0 radical (unpaired) electrons. The number of nitrogens with zero attached hydrogens (tertiary/aromatic N) is 2. The van der Waals surface area contributed by atoms with E-state index in [4.69, 9.17) is 0 Å². The fourth-order valence-electron chi connectivity index (χ4n) is 2.91. The second-order valence-corrected chi connectivity index (χ2v) is 5.88. The number of benzene rings is 2. The van der Waals surface area contributed by atoms with Gasteiger partial charge in [-0.05, 0) is 30.2 Å². The van der Waals surface area contributed by atoms with Crippen molar-refractivity contribution in [2.45, 2.75) is 6.42 Å². The largest absolute Gasteiger partial charge is 0.383 e. The van der Waals surface area contributed by atoms with E-state index in [1.807, 2.05) is 18.2 Å². The summed E-state index contributed by atoms with van der Waals surface area (Å²) in [6, 6.07) is 14.4. The molecule has 0 spiro atoms. The highest BCUT2D eigenvalue weighted by atomic mass is 16.6. The first-order chi connectivity index (χ1) is 12.1.